The van der Waals surface area contributed by atoms with Crippen molar-refractivity contribution in [2.75, 3.05) is 0 Å². The maximum Gasteiger partial charge on any atom is 0.153 e. The first kappa shape index (κ1) is 14.1. The summed E-state index contributed by atoms with van der Waals surface area (Å²) in [6, 6.07) is 5.60. The highest BCUT2D eigenvalue weighted by Crippen LogP contribution is 2.40. The van der Waals surface area contributed by atoms with Gasteiger partial charge in [0.1, 0.15) is 17.5 Å². The number of benzene rings is 1. The van der Waals surface area contributed by atoms with Crippen molar-refractivity contribution in [2.45, 2.75) is 58.3 Å². The molecule has 1 atom stereocenters. The molecule has 0 N–H and O–H groups in total. The topological polar surface area (TPSA) is 35.5 Å². The zero-order valence-corrected chi connectivity index (χ0v) is 12.3. The van der Waals surface area contributed by atoms with Crippen LogP contribution in [0.5, 0.6) is 5.75 Å². The molecule has 1 unspecified atom stereocenters. The van der Waals surface area contributed by atoms with E-state index in [0.29, 0.717) is 11.3 Å². The first-order chi connectivity index (χ1) is 8.75. The molecule has 1 saturated heterocycles. The minimum atomic E-state index is -0.355. The molecular formula is C16H22O3. The summed E-state index contributed by atoms with van der Waals surface area (Å²) in [6.07, 6.45) is 1.60. The highest BCUT2D eigenvalue weighted by Gasteiger charge is 2.47. The molecule has 19 heavy (non-hydrogen) atoms. The zero-order valence-electron chi connectivity index (χ0n) is 12.3. The van der Waals surface area contributed by atoms with Crippen LogP contribution in [0.2, 0.25) is 0 Å². The van der Waals surface area contributed by atoms with Crippen LogP contribution >= 0.6 is 0 Å². The van der Waals surface area contributed by atoms with Crippen LogP contribution in [-0.4, -0.2) is 23.6 Å². The zero-order chi connectivity index (χ0) is 14.3. The molecule has 1 aromatic rings. The SMILES string of the molecule is Cc1cccc(C=O)c1OC1CC(C)(C)OC1(C)C. The third-order valence-electron chi connectivity index (χ3n) is 3.62. The van der Waals surface area contributed by atoms with Crippen molar-refractivity contribution in [1.29, 1.82) is 0 Å². The molecule has 1 aliphatic heterocycles. The second kappa shape index (κ2) is 4.64. The molecule has 1 aliphatic rings. The first-order valence-electron chi connectivity index (χ1n) is 6.67. The normalized spacial score (nSPS) is 24.2. The first-order valence-corrected chi connectivity index (χ1v) is 6.67. The third kappa shape index (κ3) is 2.81. The molecule has 1 aromatic carbocycles. The van der Waals surface area contributed by atoms with Gasteiger partial charge in [0, 0.05) is 6.42 Å². The van der Waals surface area contributed by atoms with Gasteiger partial charge in [-0.3, -0.25) is 4.79 Å². The van der Waals surface area contributed by atoms with E-state index < -0.39 is 0 Å². The van der Waals surface area contributed by atoms with E-state index in [1.54, 1.807) is 6.07 Å². The molecule has 1 heterocycles. The Morgan fingerprint density at radius 2 is 2.00 bits per heavy atom. The van der Waals surface area contributed by atoms with E-state index in [1.807, 2.05) is 32.9 Å². The predicted molar refractivity (Wildman–Crippen MR) is 74.8 cm³/mol. The van der Waals surface area contributed by atoms with Crippen LogP contribution < -0.4 is 4.74 Å². The van der Waals surface area contributed by atoms with Crippen molar-refractivity contribution in [3.8, 4) is 5.75 Å². The Balaban J connectivity index is 2.29. The van der Waals surface area contributed by atoms with Gasteiger partial charge in [-0.05, 0) is 46.2 Å². The van der Waals surface area contributed by atoms with E-state index >= 15 is 0 Å². The molecule has 0 saturated carbocycles. The smallest absolute Gasteiger partial charge is 0.153 e. The molecule has 0 amide bonds. The maximum atomic E-state index is 11.1. The summed E-state index contributed by atoms with van der Waals surface area (Å²) < 4.78 is 12.1. The van der Waals surface area contributed by atoms with E-state index in [4.69, 9.17) is 9.47 Å². The number of carbonyl (C=O) groups is 1. The molecule has 2 rings (SSSR count). The van der Waals surface area contributed by atoms with Gasteiger partial charge >= 0.3 is 0 Å². The Morgan fingerprint density at radius 1 is 1.32 bits per heavy atom. The van der Waals surface area contributed by atoms with Crippen molar-refractivity contribution in [2.24, 2.45) is 0 Å². The van der Waals surface area contributed by atoms with E-state index in [1.165, 1.54) is 0 Å². The van der Waals surface area contributed by atoms with Crippen LogP contribution in [0.25, 0.3) is 0 Å². The van der Waals surface area contributed by atoms with Crippen LogP contribution in [0.4, 0.5) is 0 Å². The van der Waals surface area contributed by atoms with Crippen molar-refractivity contribution in [3.63, 3.8) is 0 Å². The highest BCUT2D eigenvalue weighted by atomic mass is 16.6. The Morgan fingerprint density at radius 3 is 2.53 bits per heavy atom. The fourth-order valence-corrected chi connectivity index (χ4v) is 2.77. The lowest BCUT2D eigenvalue weighted by atomic mass is 9.97. The van der Waals surface area contributed by atoms with Crippen LogP contribution in [0.15, 0.2) is 18.2 Å². The van der Waals surface area contributed by atoms with Crippen LogP contribution in [0, 0.1) is 6.92 Å². The average Bonchev–Trinajstić information content (AvgIpc) is 2.49. The lowest BCUT2D eigenvalue weighted by Gasteiger charge is -2.28. The molecule has 3 nitrogen and oxygen atoms in total. The van der Waals surface area contributed by atoms with Crippen molar-refractivity contribution in [1.82, 2.24) is 0 Å². The number of para-hydroxylation sites is 1. The van der Waals surface area contributed by atoms with Gasteiger partial charge in [-0.25, -0.2) is 0 Å². The summed E-state index contributed by atoms with van der Waals surface area (Å²) in [5.41, 5.74) is 1.02. The number of aldehydes is 1. The summed E-state index contributed by atoms with van der Waals surface area (Å²) in [7, 11) is 0. The molecule has 3 heteroatoms. The molecule has 104 valence electrons. The predicted octanol–water partition coefficient (Wildman–Crippen LogP) is 3.53. The summed E-state index contributed by atoms with van der Waals surface area (Å²) in [4.78, 5) is 11.1. The average molecular weight is 262 g/mol. The number of rotatable bonds is 3. The van der Waals surface area contributed by atoms with E-state index in [-0.39, 0.29) is 17.3 Å². The van der Waals surface area contributed by atoms with Gasteiger partial charge in [0.05, 0.1) is 11.2 Å². The maximum absolute atomic E-state index is 11.1. The van der Waals surface area contributed by atoms with Crippen molar-refractivity contribution in [3.05, 3.63) is 29.3 Å². The summed E-state index contributed by atoms with van der Waals surface area (Å²) in [5, 5.41) is 0. The number of ether oxygens (including phenoxy) is 2. The molecule has 1 fully saturated rings. The third-order valence-corrected chi connectivity index (χ3v) is 3.62. The molecule has 0 aliphatic carbocycles. The van der Waals surface area contributed by atoms with E-state index in [9.17, 15) is 4.79 Å². The minimum absolute atomic E-state index is 0.0534. The summed E-state index contributed by atoms with van der Waals surface area (Å²) >= 11 is 0. The molecule has 0 radical (unpaired) electrons. The molecule has 0 aromatic heterocycles. The standard InChI is InChI=1S/C16H22O3/c1-11-7-6-8-12(10-17)14(11)18-13-9-15(2,3)19-16(13,4)5/h6-8,10,13H,9H2,1-5H3. The number of hydrogen-bond acceptors (Lipinski definition) is 3. The van der Waals surface area contributed by atoms with Crippen LogP contribution in [0.3, 0.4) is 0 Å². The second-order valence-corrected chi connectivity index (χ2v) is 6.39. The van der Waals surface area contributed by atoms with Gasteiger partial charge in [-0.1, -0.05) is 12.1 Å². The fourth-order valence-electron chi connectivity index (χ4n) is 2.77. The second-order valence-electron chi connectivity index (χ2n) is 6.39. The van der Waals surface area contributed by atoms with Crippen molar-refractivity contribution < 1.29 is 14.3 Å². The Labute approximate surface area is 114 Å². The highest BCUT2D eigenvalue weighted by molar-refractivity contribution is 5.80. The van der Waals surface area contributed by atoms with Crippen molar-refractivity contribution >= 4 is 6.29 Å². The van der Waals surface area contributed by atoms with Gasteiger partial charge in [0.25, 0.3) is 0 Å². The van der Waals surface area contributed by atoms with E-state index in [0.717, 1.165) is 18.3 Å². The van der Waals surface area contributed by atoms with Gasteiger partial charge in [-0.15, -0.1) is 0 Å². The quantitative estimate of drug-likeness (QED) is 0.782. The Hall–Kier alpha value is -1.35. The monoisotopic (exact) mass is 262 g/mol. The number of hydrogen-bond donors (Lipinski definition) is 0. The summed E-state index contributed by atoms with van der Waals surface area (Å²) in [6.45, 7) is 10.2. The fraction of sp³-hybridized carbons (Fsp3) is 0.562. The van der Waals surface area contributed by atoms with Gasteiger partial charge in [0.2, 0.25) is 0 Å². The molecular weight excluding hydrogens is 240 g/mol. The van der Waals surface area contributed by atoms with Gasteiger partial charge in [0.15, 0.2) is 6.29 Å². The lowest BCUT2D eigenvalue weighted by Crippen LogP contribution is -2.37. The van der Waals surface area contributed by atoms with Crippen LogP contribution in [-0.2, 0) is 4.74 Å². The number of carbonyl (C=O) groups excluding carboxylic acids is 1. The molecule has 0 bridgehead atoms. The lowest BCUT2D eigenvalue weighted by molar-refractivity contribution is -0.0847. The Bertz CT molecular complexity index is 489. The minimum Gasteiger partial charge on any atom is -0.486 e. The van der Waals surface area contributed by atoms with Gasteiger partial charge in [-0.2, -0.15) is 0 Å². The summed E-state index contributed by atoms with van der Waals surface area (Å²) in [5.74, 6) is 0.678. The van der Waals surface area contributed by atoms with Gasteiger partial charge < -0.3 is 9.47 Å². The van der Waals surface area contributed by atoms with E-state index in [2.05, 4.69) is 13.8 Å². The molecule has 0 spiro atoms. The Kier molecular flexibility index (Phi) is 3.43. The van der Waals surface area contributed by atoms with Crippen LogP contribution in [0.1, 0.15) is 50.0 Å². The number of aryl methyl sites for hydroxylation is 1. The largest absolute Gasteiger partial charge is 0.486 e.